The Morgan fingerprint density at radius 1 is 1.32 bits per heavy atom. The lowest BCUT2D eigenvalue weighted by Crippen LogP contribution is -2.41. The highest BCUT2D eigenvalue weighted by Gasteiger charge is 2.48. The number of ether oxygens (including phenoxy) is 1. The summed E-state index contributed by atoms with van der Waals surface area (Å²) in [6.07, 6.45) is 7.43. The van der Waals surface area contributed by atoms with Crippen LogP contribution in [0.25, 0.3) is 0 Å². The molecule has 0 bridgehead atoms. The van der Waals surface area contributed by atoms with E-state index >= 15 is 0 Å². The highest BCUT2D eigenvalue weighted by Crippen LogP contribution is 2.53. The maximum atomic E-state index is 6.41. The minimum atomic E-state index is 0.0438. The Hall–Kier alpha value is -0.730. The van der Waals surface area contributed by atoms with Gasteiger partial charge in [0.1, 0.15) is 11.4 Å². The zero-order chi connectivity index (χ0) is 13.3. The van der Waals surface area contributed by atoms with E-state index in [1.54, 1.807) is 0 Å². The van der Waals surface area contributed by atoms with Crippen molar-refractivity contribution in [3.05, 3.63) is 28.8 Å². The second kappa shape index (κ2) is 5.34. The Labute approximate surface area is 120 Å². The van der Waals surface area contributed by atoms with Gasteiger partial charge in [0, 0.05) is 16.5 Å². The Morgan fingerprint density at radius 3 is 2.84 bits per heavy atom. The molecule has 2 aliphatic rings. The number of benzene rings is 1. The molecule has 0 amide bonds. The molecule has 0 radical (unpaired) electrons. The van der Waals surface area contributed by atoms with Gasteiger partial charge in [-0.3, -0.25) is 0 Å². The molecule has 1 saturated carbocycles. The summed E-state index contributed by atoms with van der Waals surface area (Å²) in [5, 5.41) is 4.10. The Bertz CT molecular complexity index is 454. The number of nitrogens with one attached hydrogen (secondary N) is 1. The van der Waals surface area contributed by atoms with Gasteiger partial charge in [0.05, 0.1) is 0 Å². The molecule has 0 unspecified atom stereocenters. The van der Waals surface area contributed by atoms with E-state index < -0.39 is 0 Å². The van der Waals surface area contributed by atoms with E-state index in [-0.39, 0.29) is 5.60 Å². The first-order valence-corrected chi connectivity index (χ1v) is 7.76. The van der Waals surface area contributed by atoms with Crippen LogP contribution < -0.4 is 10.1 Å². The second-order valence-corrected chi connectivity index (χ2v) is 6.29. The van der Waals surface area contributed by atoms with Gasteiger partial charge in [0.2, 0.25) is 0 Å². The monoisotopic (exact) mass is 279 g/mol. The average Bonchev–Trinajstić information content (AvgIpc) is 2.70. The lowest BCUT2D eigenvalue weighted by molar-refractivity contribution is 0.0264. The van der Waals surface area contributed by atoms with E-state index in [9.17, 15) is 0 Å². The molecule has 3 rings (SSSR count). The van der Waals surface area contributed by atoms with Gasteiger partial charge in [-0.25, -0.2) is 0 Å². The fourth-order valence-corrected chi connectivity index (χ4v) is 3.95. The van der Waals surface area contributed by atoms with E-state index in [1.807, 2.05) is 19.2 Å². The lowest BCUT2D eigenvalue weighted by Gasteiger charge is -2.38. The Kier molecular flexibility index (Phi) is 3.72. The lowest BCUT2D eigenvalue weighted by atomic mass is 9.73. The van der Waals surface area contributed by atoms with Crippen molar-refractivity contribution < 1.29 is 4.74 Å². The van der Waals surface area contributed by atoms with Crippen molar-refractivity contribution in [2.24, 2.45) is 0 Å². The van der Waals surface area contributed by atoms with Gasteiger partial charge >= 0.3 is 0 Å². The first-order valence-electron chi connectivity index (χ1n) is 7.38. The fourth-order valence-electron chi connectivity index (χ4n) is 3.77. The molecule has 104 valence electrons. The molecular formula is C16H22ClNO. The van der Waals surface area contributed by atoms with Crippen LogP contribution in [0.1, 0.15) is 50.0 Å². The van der Waals surface area contributed by atoms with E-state index in [0.29, 0.717) is 5.92 Å². The summed E-state index contributed by atoms with van der Waals surface area (Å²) in [6.45, 7) is 1.03. The summed E-state index contributed by atoms with van der Waals surface area (Å²) in [4.78, 5) is 0. The molecule has 1 fully saturated rings. The van der Waals surface area contributed by atoms with Crippen LogP contribution in [0.3, 0.4) is 0 Å². The topological polar surface area (TPSA) is 21.3 Å². The molecular weight excluding hydrogens is 258 g/mol. The third-order valence-electron chi connectivity index (χ3n) is 4.68. The van der Waals surface area contributed by atoms with E-state index in [4.69, 9.17) is 16.3 Å². The fraction of sp³-hybridized carbons (Fsp3) is 0.625. The summed E-state index contributed by atoms with van der Waals surface area (Å²) in [5.74, 6) is 1.56. The molecule has 1 atom stereocenters. The van der Waals surface area contributed by atoms with Crippen LogP contribution in [0, 0.1) is 0 Å². The highest BCUT2D eigenvalue weighted by molar-refractivity contribution is 6.30. The first kappa shape index (κ1) is 13.3. The van der Waals surface area contributed by atoms with Crippen LogP contribution in [-0.2, 0) is 0 Å². The minimum Gasteiger partial charge on any atom is -0.486 e. The largest absolute Gasteiger partial charge is 0.486 e. The first-order chi connectivity index (χ1) is 9.25. The van der Waals surface area contributed by atoms with Gasteiger partial charge in [0.25, 0.3) is 0 Å². The maximum Gasteiger partial charge on any atom is 0.123 e. The molecule has 1 N–H and O–H groups in total. The van der Waals surface area contributed by atoms with Crippen LogP contribution in [0.15, 0.2) is 18.2 Å². The van der Waals surface area contributed by atoms with Crippen molar-refractivity contribution in [3.8, 4) is 5.75 Å². The third kappa shape index (κ3) is 2.36. The molecule has 0 aromatic heterocycles. The quantitative estimate of drug-likeness (QED) is 0.898. The number of hydrogen-bond donors (Lipinski definition) is 1. The zero-order valence-corrected chi connectivity index (χ0v) is 12.3. The van der Waals surface area contributed by atoms with Crippen LogP contribution in [0.5, 0.6) is 5.75 Å². The van der Waals surface area contributed by atoms with Crippen molar-refractivity contribution in [2.75, 3.05) is 13.6 Å². The molecule has 1 heterocycles. The summed E-state index contributed by atoms with van der Waals surface area (Å²) in [6, 6.07) is 6.10. The SMILES string of the molecule is CNCC[C@@H]1c2cc(Cl)ccc2OC12CCCCC2. The highest BCUT2D eigenvalue weighted by atomic mass is 35.5. The van der Waals surface area contributed by atoms with Gasteiger partial charge in [-0.1, -0.05) is 18.0 Å². The third-order valence-corrected chi connectivity index (χ3v) is 4.91. The predicted molar refractivity (Wildman–Crippen MR) is 79.2 cm³/mol. The van der Waals surface area contributed by atoms with E-state index in [0.717, 1.165) is 23.7 Å². The predicted octanol–water partition coefficient (Wildman–Crippen LogP) is 4.13. The average molecular weight is 280 g/mol. The van der Waals surface area contributed by atoms with Crippen LogP contribution in [0.4, 0.5) is 0 Å². The summed E-state index contributed by atoms with van der Waals surface area (Å²) < 4.78 is 6.41. The van der Waals surface area contributed by atoms with Crippen LogP contribution in [-0.4, -0.2) is 19.2 Å². The molecule has 19 heavy (non-hydrogen) atoms. The maximum absolute atomic E-state index is 6.41. The van der Waals surface area contributed by atoms with E-state index in [2.05, 4.69) is 11.4 Å². The molecule has 1 aliphatic carbocycles. The Morgan fingerprint density at radius 2 is 2.11 bits per heavy atom. The van der Waals surface area contributed by atoms with Gasteiger partial charge in [0.15, 0.2) is 0 Å². The number of rotatable bonds is 3. The van der Waals surface area contributed by atoms with Crippen molar-refractivity contribution in [1.29, 1.82) is 0 Å². The molecule has 1 aromatic rings. The van der Waals surface area contributed by atoms with E-state index in [1.165, 1.54) is 37.7 Å². The van der Waals surface area contributed by atoms with Crippen molar-refractivity contribution in [3.63, 3.8) is 0 Å². The van der Waals surface area contributed by atoms with Crippen LogP contribution >= 0.6 is 11.6 Å². The number of halogens is 1. The van der Waals surface area contributed by atoms with Gasteiger partial charge in [-0.15, -0.1) is 0 Å². The smallest absolute Gasteiger partial charge is 0.123 e. The number of hydrogen-bond acceptors (Lipinski definition) is 2. The molecule has 1 aromatic carbocycles. The minimum absolute atomic E-state index is 0.0438. The molecule has 1 spiro atoms. The summed E-state index contributed by atoms with van der Waals surface area (Å²) in [7, 11) is 2.02. The standard InChI is InChI=1S/C16H22ClNO/c1-18-10-7-14-13-11-12(17)5-6-15(13)19-16(14)8-3-2-4-9-16/h5-6,11,14,18H,2-4,7-10H2,1H3/t14-/m1/s1. The molecule has 0 saturated heterocycles. The second-order valence-electron chi connectivity index (χ2n) is 5.85. The Balaban J connectivity index is 1.94. The number of fused-ring (bicyclic) bond motifs is 1. The van der Waals surface area contributed by atoms with Crippen LogP contribution in [0.2, 0.25) is 5.02 Å². The van der Waals surface area contributed by atoms with Crippen molar-refractivity contribution in [1.82, 2.24) is 5.32 Å². The molecule has 3 heteroatoms. The van der Waals surface area contributed by atoms with Gasteiger partial charge < -0.3 is 10.1 Å². The van der Waals surface area contributed by atoms with Gasteiger partial charge in [-0.2, -0.15) is 0 Å². The summed E-state index contributed by atoms with van der Waals surface area (Å²) >= 11 is 6.18. The van der Waals surface area contributed by atoms with Crippen molar-refractivity contribution >= 4 is 11.6 Å². The molecule has 2 nitrogen and oxygen atoms in total. The van der Waals surface area contributed by atoms with Crippen molar-refractivity contribution in [2.45, 2.75) is 50.0 Å². The molecule has 1 aliphatic heterocycles. The van der Waals surface area contributed by atoms with Gasteiger partial charge in [-0.05, 0) is 63.9 Å². The summed E-state index contributed by atoms with van der Waals surface area (Å²) in [5.41, 5.74) is 1.37. The zero-order valence-electron chi connectivity index (χ0n) is 11.5. The normalized spacial score (nSPS) is 24.2.